The molecule has 12 nitrogen and oxygen atoms in total. The molecule has 0 aromatic heterocycles. The molecule has 0 spiro atoms. The SMILES string of the molecule is CC.CCNC(C)CC1(/C(N)=N/NN)c2ccc(C(=O)N(C)C)cc2Cc2cc(C(=O)N(C)C)ccc21.N#CC1CCCN1C=O. The lowest BCUT2D eigenvalue weighted by atomic mass is 9.62. The van der Waals surface area contributed by atoms with Crippen LogP contribution >= 0.6 is 0 Å². The molecule has 3 amide bonds. The van der Waals surface area contributed by atoms with Crippen LogP contribution in [0.5, 0.6) is 0 Å². The number of nitriles is 1. The molecule has 1 aliphatic carbocycles. The van der Waals surface area contributed by atoms with Gasteiger partial charge in [0.15, 0.2) is 0 Å². The predicted octanol–water partition coefficient (Wildman–Crippen LogP) is 2.56. The van der Waals surface area contributed by atoms with Crippen LogP contribution in [-0.4, -0.2) is 92.1 Å². The van der Waals surface area contributed by atoms with E-state index in [1.807, 2.05) is 50.2 Å². The number of amidine groups is 1. The summed E-state index contributed by atoms with van der Waals surface area (Å²) in [6.07, 6.45) is 3.74. The van der Waals surface area contributed by atoms with Crippen LogP contribution in [0.4, 0.5) is 0 Å². The molecule has 6 N–H and O–H groups in total. The van der Waals surface area contributed by atoms with Crippen LogP contribution in [0.1, 0.15) is 89.9 Å². The van der Waals surface area contributed by atoms with E-state index in [0.717, 1.165) is 54.6 Å². The monoisotopic (exact) mass is 633 g/mol. The second-order valence-electron chi connectivity index (χ2n) is 11.6. The van der Waals surface area contributed by atoms with Gasteiger partial charge in [0, 0.05) is 51.9 Å². The molecule has 4 rings (SSSR count). The van der Waals surface area contributed by atoms with Crippen molar-refractivity contribution in [3.8, 4) is 6.07 Å². The third-order valence-corrected chi connectivity index (χ3v) is 8.18. The number of hydrogen-bond acceptors (Lipinski definition) is 8. The van der Waals surface area contributed by atoms with Gasteiger partial charge < -0.3 is 25.8 Å². The standard InChI is InChI=1S/C26H37N7O2.C6H8N2O.C2H6/c1-7-29-16(2)15-26(25(27)30-31-28)21-10-8-17(23(34)32(3)4)12-19(21)14-20-13-18(9-11-22(20)26)24(35)33(5)6;7-4-6-2-1-3-8(6)5-9;1-2/h8-13,16,29,31H,7,14-15,28H2,1-6H3,(H2,27,30);5-6H,1-3H2;1-2H3. The largest absolute Gasteiger partial charge is 0.385 e. The van der Waals surface area contributed by atoms with Crippen molar-refractivity contribution >= 4 is 24.1 Å². The highest BCUT2D eigenvalue weighted by Gasteiger charge is 2.45. The lowest BCUT2D eigenvalue weighted by Crippen LogP contribution is -2.50. The van der Waals surface area contributed by atoms with Gasteiger partial charge in [-0.25, -0.2) is 11.4 Å². The van der Waals surface area contributed by atoms with Crippen molar-refractivity contribution in [3.05, 3.63) is 69.8 Å². The third kappa shape index (κ3) is 8.21. The van der Waals surface area contributed by atoms with Crippen molar-refractivity contribution in [3.63, 3.8) is 0 Å². The first-order chi connectivity index (χ1) is 21.9. The molecule has 0 saturated carbocycles. The average Bonchev–Trinajstić information content (AvgIpc) is 3.52. The van der Waals surface area contributed by atoms with E-state index in [2.05, 4.69) is 35.9 Å². The Morgan fingerprint density at radius 3 is 2.00 bits per heavy atom. The zero-order valence-electron chi connectivity index (χ0n) is 28.6. The van der Waals surface area contributed by atoms with Crippen LogP contribution < -0.4 is 22.4 Å². The number of fused-ring (bicyclic) bond motifs is 2. The van der Waals surface area contributed by atoms with Crippen LogP contribution in [-0.2, 0) is 16.6 Å². The molecule has 2 aromatic rings. The molecule has 46 heavy (non-hydrogen) atoms. The minimum Gasteiger partial charge on any atom is -0.385 e. The highest BCUT2D eigenvalue weighted by Crippen LogP contribution is 2.46. The van der Waals surface area contributed by atoms with E-state index in [0.29, 0.717) is 29.8 Å². The van der Waals surface area contributed by atoms with Gasteiger partial charge in [0.05, 0.1) is 11.5 Å². The van der Waals surface area contributed by atoms with Gasteiger partial charge in [-0.3, -0.25) is 14.4 Å². The van der Waals surface area contributed by atoms with Crippen LogP contribution in [0.25, 0.3) is 0 Å². The normalized spacial score (nSPS) is 16.6. The fourth-order valence-electron chi connectivity index (χ4n) is 6.14. The summed E-state index contributed by atoms with van der Waals surface area (Å²) in [4.78, 5) is 40.3. The second kappa shape index (κ2) is 17.3. The molecule has 1 aliphatic heterocycles. The van der Waals surface area contributed by atoms with Crippen LogP contribution in [0, 0.1) is 11.3 Å². The molecule has 1 heterocycles. The minimum absolute atomic E-state index is 0.0768. The van der Waals surface area contributed by atoms with Crippen molar-refractivity contribution in [2.24, 2.45) is 16.7 Å². The molecule has 2 atom stereocenters. The summed E-state index contributed by atoms with van der Waals surface area (Å²) in [5.74, 6) is 5.76. The van der Waals surface area contributed by atoms with Crippen molar-refractivity contribution in [1.82, 2.24) is 25.6 Å². The predicted molar refractivity (Wildman–Crippen MR) is 182 cm³/mol. The quantitative estimate of drug-likeness (QED) is 0.107. The molecule has 250 valence electrons. The summed E-state index contributed by atoms with van der Waals surface area (Å²) in [7, 11) is 6.93. The summed E-state index contributed by atoms with van der Waals surface area (Å²) >= 11 is 0. The number of nitrogens with one attached hydrogen (secondary N) is 2. The molecule has 0 radical (unpaired) electrons. The number of hydrogen-bond donors (Lipinski definition) is 4. The molecule has 1 saturated heterocycles. The lowest BCUT2D eigenvalue weighted by molar-refractivity contribution is -0.118. The van der Waals surface area contributed by atoms with E-state index >= 15 is 0 Å². The van der Waals surface area contributed by atoms with Gasteiger partial charge in [-0.15, -0.1) is 0 Å². The fourth-order valence-corrected chi connectivity index (χ4v) is 6.14. The first-order valence-electron chi connectivity index (χ1n) is 15.8. The molecule has 2 unspecified atom stereocenters. The Labute approximate surface area is 273 Å². The molecular formula is C34H51N9O3. The number of benzene rings is 2. The van der Waals surface area contributed by atoms with E-state index in [1.165, 1.54) is 0 Å². The maximum absolute atomic E-state index is 12.7. The number of likely N-dealkylation sites (tertiary alicyclic amines) is 1. The number of hydrazine groups is 1. The van der Waals surface area contributed by atoms with Crippen LogP contribution in [0.3, 0.4) is 0 Å². The molecule has 12 heteroatoms. The van der Waals surface area contributed by atoms with E-state index in [4.69, 9.17) is 16.8 Å². The number of rotatable bonds is 9. The maximum atomic E-state index is 12.7. The third-order valence-electron chi connectivity index (χ3n) is 8.18. The fraction of sp³-hybridized carbons (Fsp3) is 0.500. The Hall–Kier alpha value is -4.47. The smallest absolute Gasteiger partial charge is 0.253 e. The molecule has 1 fully saturated rings. The molecule has 2 aliphatic rings. The highest BCUT2D eigenvalue weighted by atomic mass is 16.2. The van der Waals surface area contributed by atoms with Crippen LogP contribution in [0.15, 0.2) is 41.5 Å². The van der Waals surface area contributed by atoms with Crippen molar-refractivity contribution < 1.29 is 14.4 Å². The summed E-state index contributed by atoms with van der Waals surface area (Å²) in [5.41, 5.74) is 13.3. The topological polar surface area (TPSA) is 173 Å². The number of nitrogens with two attached hydrogens (primary N) is 2. The average molecular weight is 634 g/mol. The van der Waals surface area contributed by atoms with Gasteiger partial charge in [0.25, 0.3) is 11.8 Å². The Kier molecular flexibility index (Phi) is 14.2. The van der Waals surface area contributed by atoms with Crippen molar-refractivity contribution in [2.75, 3.05) is 41.3 Å². The highest BCUT2D eigenvalue weighted by molar-refractivity contribution is 5.99. The van der Waals surface area contributed by atoms with Crippen LogP contribution in [0.2, 0.25) is 0 Å². The first-order valence-corrected chi connectivity index (χ1v) is 15.8. The van der Waals surface area contributed by atoms with Crippen molar-refractivity contribution in [1.29, 1.82) is 5.26 Å². The van der Waals surface area contributed by atoms with E-state index in [-0.39, 0.29) is 23.9 Å². The number of carbonyl (C=O) groups is 3. The lowest BCUT2D eigenvalue weighted by Gasteiger charge is -2.42. The summed E-state index contributed by atoms with van der Waals surface area (Å²) in [6, 6.07) is 13.5. The van der Waals surface area contributed by atoms with Crippen molar-refractivity contribution in [2.45, 2.75) is 70.9 Å². The van der Waals surface area contributed by atoms with Gasteiger partial charge >= 0.3 is 0 Å². The number of amides is 3. The summed E-state index contributed by atoms with van der Waals surface area (Å²) in [5, 5.41) is 16.1. The van der Waals surface area contributed by atoms with E-state index in [1.54, 1.807) is 42.9 Å². The zero-order valence-corrected chi connectivity index (χ0v) is 28.6. The minimum atomic E-state index is -0.809. The second-order valence-corrected chi connectivity index (χ2v) is 11.6. The molecule has 0 bridgehead atoms. The van der Waals surface area contributed by atoms with Gasteiger partial charge in [-0.2, -0.15) is 10.4 Å². The molecule has 2 aromatic carbocycles. The Morgan fingerprint density at radius 2 is 1.61 bits per heavy atom. The summed E-state index contributed by atoms with van der Waals surface area (Å²) in [6.45, 7) is 9.72. The van der Waals surface area contributed by atoms with E-state index in [9.17, 15) is 14.4 Å². The van der Waals surface area contributed by atoms with Gasteiger partial charge in [0.2, 0.25) is 6.41 Å². The maximum Gasteiger partial charge on any atom is 0.253 e. The van der Waals surface area contributed by atoms with Gasteiger partial charge in [-0.1, -0.05) is 32.9 Å². The van der Waals surface area contributed by atoms with Gasteiger partial charge in [-0.05, 0) is 85.7 Å². The molecular weight excluding hydrogens is 582 g/mol. The Balaban J connectivity index is 0.000000569. The first kappa shape index (κ1) is 37.7. The summed E-state index contributed by atoms with van der Waals surface area (Å²) < 4.78 is 0. The zero-order chi connectivity index (χ0) is 34.6. The van der Waals surface area contributed by atoms with E-state index < -0.39 is 5.41 Å². The number of hydrazone groups is 1. The number of nitrogens with zero attached hydrogens (tertiary/aromatic N) is 5. The Bertz CT molecular complexity index is 1360. The Morgan fingerprint density at radius 1 is 1.09 bits per heavy atom. The number of carbonyl (C=O) groups excluding carboxylic acids is 3. The van der Waals surface area contributed by atoms with Gasteiger partial charge in [0.1, 0.15) is 11.9 Å².